The smallest absolute Gasteiger partial charge is 0.0506 e. The van der Waals surface area contributed by atoms with Crippen LogP contribution in [0.2, 0.25) is 0 Å². The zero-order valence-corrected chi connectivity index (χ0v) is 16.5. The molecular formula is C24H32N2O. The highest BCUT2D eigenvalue weighted by atomic mass is 16.5. The molecule has 4 rings (SSSR count). The van der Waals surface area contributed by atoms with Crippen LogP contribution in [-0.2, 0) is 4.74 Å². The van der Waals surface area contributed by atoms with E-state index in [0.29, 0.717) is 12.0 Å². The third-order valence-corrected chi connectivity index (χ3v) is 6.11. The second kappa shape index (κ2) is 8.90. The molecule has 0 radical (unpaired) electrons. The lowest BCUT2D eigenvalue weighted by Gasteiger charge is -2.35. The maximum atomic E-state index is 5.60. The summed E-state index contributed by atoms with van der Waals surface area (Å²) < 4.78 is 5.60. The van der Waals surface area contributed by atoms with E-state index in [1.165, 1.54) is 48.1 Å². The van der Waals surface area contributed by atoms with Crippen molar-refractivity contribution in [2.45, 2.75) is 38.6 Å². The highest BCUT2D eigenvalue weighted by Crippen LogP contribution is 2.28. The van der Waals surface area contributed by atoms with Gasteiger partial charge in [-0.25, -0.2) is 0 Å². The second-order valence-electron chi connectivity index (χ2n) is 8.12. The van der Waals surface area contributed by atoms with Crippen LogP contribution in [0.25, 0.3) is 11.1 Å². The number of hydrogen-bond acceptors (Lipinski definition) is 3. The molecule has 0 unspecified atom stereocenters. The van der Waals surface area contributed by atoms with Crippen molar-refractivity contribution < 1.29 is 4.74 Å². The number of benzene rings is 2. The molecule has 144 valence electrons. The molecule has 2 aromatic rings. The SMILES string of the molecule is Cc1ccccc1-c1cccc(N2CCC(NC[C@H]3CCCOC3)CC2)c1. The lowest BCUT2D eigenvalue weighted by Crippen LogP contribution is -2.44. The maximum absolute atomic E-state index is 5.60. The van der Waals surface area contributed by atoms with Gasteiger partial charge < -0.3 is 15.0 Å². The standard InChI is InChI=1S/C24H32N2O/c1-19-6-2-3-10-24(19)21-8-4-9-23(16-21)26-13-11-22(12-14-26)25-17-20-7-5-15-27-18-20/h2-4,6,8-10,16,20,22,25H,5,7,11-15,17-18H2,1H3/t20-/m1/s1. The molecule has 0 spiro atoms. The van der Waals surface area contributed by atoms with Gasteiger partial charge in [-0.15, -0.1) is 0 Å². The Morgan fingerprint density at radius 2 is 1.89 bits per heavy atom. The molecule has 2 aromatic carbocycles. The van der Waals surface area contributed by atoms with Crippen molar-refractivity contribution in [3.8, 4) is 11.1 Å². The van der Waals surface area contributed by atoms with E-state index in [2.05, 4.69) is 65.7 Å². The number of ether oxygens (including phenoxy) is 1. The minimum absolute atomic E-state index is 0.655. The normalized spacial score (nSPS) is 21.4. The van der Waals surface area contributed by atoms with E-state index in [4.69, 9.17) is 4.74 Å². The molecule has 27 heavy (non-hydrogen) atoms. The molecule has 1 N–H and O–H groups in total. The summed E-state index contributed by atoms with van der Waals surface area (Å²) in [6, 6.07) is 18.4. The van der Waals surface area contributed by atoms with Gasteiger partial charge in [0.25, 0.3) is 0 Å². The average molecular weight is 365 g/mol. The van der Waals surface area contributed by atoms with Crippen molar-refractivity contribution in [2.75, 3.05) is 37.7 Å². The minimum Gasteiger partial charge on any atom is -0.381 e. The van der Waals surface area contributed by atoms with E-state index in [1.807, 2.05) is 0 Å². The van der Waals surface area contributed by atoms with Crippen molar-refractivity contribution in [3.63, 3.8) is 0 Å². The molecule has 2 heterocycles. The van der Waals surface area contributed by atoms with Gasteiger partial charge in [0.05, 0.1) is 6.61 Å². The summed E-state index contributed by atoms with van der Waals surface area (Å²) in [5.74, 6) is 0.711. The number of nitrogens with one attached hydrogen (secondary N) is 1. The Balaban J connectivity index is 1.33. The van der Waals surface area contributed by atoms with Gasteiger partial charge in [0.1, 0.15) is 0 Å². The van der Waals surface area contributed by atoms with Gasteiger partial charge >= 0.3 is 0 Å². The molecule has 2 aliphatic rings. The van der Waals surface area contributed by atoms with E-state index in [0.717, 1.165) is 32.8 Å². The fraction of sp³-hybridized carbons (Fsp3) is 0.500. The first kappa shape index (κ1) is 18.5. The number of piperidine rings is 1. The number of anilines is 1. The van der Waals surface area contributed by atoms with Gasteiger partial charge in [0.2, 0.25) is 0 Å². The molecule has 0 bridgehead atoms. The van der Waals surface area contributed by atoms with Gasteiger partial charge in [-0.05, 0) is 67.3 Å². The second-order valence-corrected chi connectivity index (χ2v) is 8.12. The van der Waals surface area contributed by atoms with E-state index < -0.39 is 0 Å². The molecule has 2 fully saturated rings. The van der Waals surface area contributed by atoms with Crippen LogP contribution in [0, 0.1) is 12.8 Å². The molecule has 0 aliphatic carbocycles. The predicted octanol–water partition coefficient (Wildman–Crippen LogP) is 4.65. The van der Waals surface area contributed by atoms with Crippen molar-refractivity contribution in [2.24, 2.45) is 5.92 Å². The quantitative estimate of drug-likeness (QED) is 0.836. The van der Waals surface area contributed by atoms with Crippen LogP contribution in [0.1, 0.15) is 31.2 Å². The summed E-state index contributed by atoms with van der Waals surface area (Å²) in [5, 5.41) is 3.80. The third kappa shape index (κ3) is 4.72. The summed E-state index contributed by atoms with van der Waals surface area (Å²) >= 11 is 0. The molecule has 1 atom stereocenters. The Morgan fingerprint density at radius 1 is 1.04 bits per heavy atom. The molecule has 3 nitrogen and oxygen atoms in total. The van der Waals surface area contributed by atoms with Gasteiger partial charge in [-0.3, -0.25) is 0 Å². The van der Waals surface area contributed by atoms with Gasteiger partial charge in [0, 0.05) is 38.0 Å². The van der Waals surface area contributed by atoms with E-state index in [-0.39, 0.29) is 0 Å². The Kier molecular flexibility index (Phi) is 6.10. The number of nitrogens with zero attached hydrogens (tertiary/aromatic N) is 1. The summed E-state index contributed by atoms with van der Waals surface area (Å²) in [4.78, 5) is 2.55. The number of rotatable bonds is 5. The highest BCUT2D eigenvalue weighted by molar-refractivity contribution is 5.71. The van der Waals surface area contributed by atoms with Crippen molar-refractivity contribution >= 4 is 5.69 Å². The Morgan fingerprint density at radius 3 is 2.67 bits per heavy atom. The number of aryl methyl sites for hydroxylation is 1. The largest absolute Gasteiger partial charge is 0.381 e. The van der Waals surface area contributed by atoms with Crippen LogP contribution in [0.3, 0.4) is 0 Å². The van der Waals surface area contributed by atoms with Crippen LogP contribution in [0.15, 0.2) is 48.5 Å². The fourth-order valence-corrected chi connectivity index (χ4v) is 4.41. The van der Waals surface area contributed by atoms with Crippen LogP contribution in [0.5, 0.6) is 0 Å². The fourth-order valence-electron chi connectivity index (χ4n) is 4.41. The molecule has 2 aliphatic heterocycles. The first-order valence-electron chi connectivity index (χ1n) is 10.5. The van der Waals surface area contributed by atoms with E-state index in [9.17, 15) is 0 Å². The van der Waals surface area contributed by atoms with Crippen LogP contribution >= 0.6 is 0 Å². The van der Waals surface area contributed by atoms with Crippen molar-refractivity contribution in [1.82, 2.24) is 5.32 Å². The molecule has 0 aromatic heterocycles. The summed E-state index contributed by atoms with van der Waals surface area (Å²) in [5.41, 5.74) is 5.35. The first-order valence-corrected chi connectivity index (χ1v) is 10.5. The zero-order valence-electron chi connectivity index (χ0n) is 16.5. The highest BCUT2D eigenvalue weighted by Gasteiger charge is 2.21. The first-order chi connectivity index (χ1) is 13.3. The average Bonchev–Trinajstić information content (AvgIpc) is 2.74. The molecule has 0 saturated carbocycles. The van der Waals surface area contributed by atoms with Crippen molar-refractivity contribution in [3.05, 3.63) is 54.1 Å². The summed E-state index contributed by atoms with van der Waals surface area (Å²) in [6.07, 6.45) is 4.99. The molecule has 3 heteroatoms. The Labute approximate surface area is 163 Å². The lowest BCUT2D eigenvalue weighted by molar-refractivity contribution is 0.0535. The molecular weight excluding hydrogens is 332 g/mol. The summed E-state index contributed by atoms with van der Waals surface area (Å²) in [6.45, 7) is 7.48. The van der Waals surface area contributed by atoms with Gasteiger partial charge in [-0.2, -0.15) is 0 Å². The lowest BCUT2D eigenvalue weighted by atomic mass is 9.98. The van der Waals surface area contributed by atoms with E-state index in [1.54, 1.807) is 0 Å². The van der Waals surface area contributed by atoms with Crippen LogP contribution in [-0.4, -0.2) is 38.9 Å². The molecule has 0 amide bonds. The van der Waals surface area contributed by atoms with E-state index >= 15 is 0 Å². The summed E-state index contributed by atoms with van der Waals surface area (Å²) in [7, 11) is 0. The minimum atomic E-state index is 0.655. The topological polar surface area (TPSA) is 24.5 Å². The zero-order chi connectivity index (χ0) is 18.5. The molecule has 2 saturated heterocycles. The predicted molar refractivity (Wildman–Crippen MR) is 113 cm³/mol. The van der Waals surface area contributed by atoms with Gasteiger partial charge in [-0.1, -0.05) is 36.4 Å². The van der Waals surface area contributed by atoms with Crippen LogP contribution < -0.4 is 10.2 Å². The van der Waals surface area contributed by atoms with Crippen molar-refractivity contribution in [1.29, 1.82) is 0 Å². The third-order valence-electron chi connectivity index (χ3n) is 6.11. The Bertz CT molecular complexity index is 731. The van der Waals surface area contributed by atoms with Gasteiger partial charge in [0.15, 0.2) is 0 Å². The van der Waals surface area contributed by atoms with Crippen LogP contribution in [0.4, 0.5) is 5.69 Å². The maximum Gasteiger partial charge on any atom is 0.0506 e. The Hall–Kier alpha value is -1.84. The number of hydrogen-bond donors (Lipinski definition) is 1. The monoisotopic (exact) mass is 364 g/mol.